The van der Waals surface area contributed by atoms with Crippen molar-refractivity contribution in [3.63, 3.8) is 0 Å². The fourth-order valence-electron chi connectivity index (χ4n) is 3.47. The van der Waals surface area contributed by atoms with Crippen molar-refractivity contribution in [2.75, 3.05) is 5.32 Å². The van der Waals surface area contributed by atoms with Crippen LogP contribution < -0.4 is 15.4 Å². The van der Waals surface area contributed by atoms with Crippen molar-refractivity contribution in [1.29, 1.82) is 0 Å². The van der Waals surface area contributed by atoms with Gasteiger partial charge in [0.1, 0.15) is 5.75 Å². The average Bonchev–Trinajstić information content (AvgIpc) is 3.24. The van der Waals surface area contributed by atoms with Crippen molar-refractivity contribution in [2.45, 2.75) is 52.2 Å². The fraction of sp³-hybridized carbons (Fsp3) is 0.391. The summed E-state index contributed by atoms with van der Waals surface area (Å²) >= 11 is 6.13. The highest BCUT2D eigenvalue weighted by molar-refractivity contribution is 6.32. The van der Waals surface area contributed by atoms with Crippen LogP contribution in [0.2, 0.25) is 5.02 Å². The van der Waals surface area contributed by atoms with Crippen LogP contribution in [0.3, 0.4) is 0 Å². The van der Waals surface area contributed by atoms with E-state index in [2.05, 4.69) is 10.6 Å². The van der Waals surface area contributed by atoms with Crippen molar-refractivity contribution < 1.29 is 14.3 Å². The molecule has 2 aromatic rings. The number of benzene rings is 2. The molecule has 0 heterocycles. The molecule has 1 unspecified atom stereocenters. The van der Waals surface area contributed by atoms with Crippen LogP contribution in [-0.4, -0.2) is 17.9 Å². The van der Waals surface area contributed by atoms with E-state index in [1.807, 2.05) is 43.3 Å². The molecule has 0 saturated heterocycles. The summed E-state index contributed by atoms with van der Waals surface area (Å²) in [7, 11) is 0. The maximum atomic E-state index is 12.4. The largest absolute Gasteiger partial charge is 0.479 e. The van der Waals surface area contributed by atoms with Crippen LogP contribution in [0.25, 0.3) is 0 Å². The van der Waals surface area contributed by atoms with Crippen LogP contribution >= 0.6 is 11.6 Å². The molecule has 0 radical (unpaired) electrons. The third kappa shape index (κ3) is 5.97. The van der Waals surface area contributed by atoms with Gasteiger partial charge in [0.25, 0.3) is 5.91 Å². The van der Waals surface area contributed by atoms with E-state index in [1.54, 1.807) is 13.0 Å². The van der Waals surface area contributed by atoms with Crippen LogP contribution in [0.4, 0.5) is 5.69 Å². The number of rotatable bonds is 7. The SMILES string of the molecule is Cc1ccc(Cl)c(OC(C)C(=O)NCc2cccc(NC(=O)C3CCCC3)c2)c1. The molecule has 0 aliphatic heterocycles. The van der Waals surface area contributed by atoms with Gasteiger partial charge in [-0.05, 0) is 62.1 Å². The molecule has 2 aromatic carbocycles. The lowest BCUT2D eigenvalue weighted by Crippen LogP contribution is -2.36. The summed E-state index contributed by atoms with van der Waals surface area (Å²) in [5.74, 6) is 0.458. The van der Waals surface area contributed by atoms with Crippen molar-refractivity contribution in [3.8, 4) is 5.75 Å². The van der Waals surface area contributed by atoms with Crippen LogP contribution in [0.15, 0.2) is 42.5 Å². The molecule has 5 nitrogen and oxygen atoms in total. The number of aryl methyl sites for hydroxylation is 1. The first-order chi connectivity index (χ1) is 13.9. The van der Waals surface area contributed by atoms with E-state index in [0.29, 0.717) is 17.3 Å². The van der Waals surface area contributed by atoms with Gasteiger partial charge in [0, 0.05) is 18.2 Å². The van der Waals surface area contributed by atoms with E-state index in [4.69, 9.17) is 16.3 Å². The van der Waals surface area contributed by atoms with Gasteiger partial charge in [0.2, 0.25) is 5.91 Å². The number of hydrogen-bond acceptors (Lipinski definition) is 3. The third-order valence-corrected chi connectivity index (χ3v) is 5.46. The standard InChI is InChI=1S/C23H27ClN2O3/c1-15-10-11-20(24)21(12-15)29-16(2)22(27)25-14-17-6-5-9-19(13-17)26-23(28)18-7-3-4-8-18/h5-6,9-13,16,18H,3-4,7-8,14H2,1-2H3,(H,25,27)(H,26,28). The Hall–Kier alpha value is -2.53. The number of carbonyl (C=O) groups is 2. The Morgan fingerprint density at radius 1 is 1.17 bits per heavy atom. The second kappa shape index (κ2) is 9.79. The van der Waals surface area contributed by atoms with Crippen molar-refractivity contribution in [3.05, 3.63) is 58.6 Å². The molecule has 3 rings (SSSR count). The maximum Gasteiger partial charge on any atom is 0.261 e. The maximum absolute atomic E-state index is 12.4. The second-order valence-corrected chi connectivity index (χ2v) is 7.99. The highest BCUT2D eigenvalue weighted by Crippen LogP contribution is 2.27. The molecule has 29 heavy (non-hydrogen) atoms. The average molecular weight is 415 g/mol. The summed E-state index contributed by atoms with van der Waals surface area (Å²) in [6, 6.07) is 13.0. The summed E-state index contributed by atoms with van der Waals surface area (Å²) in [4.78, 5) is 24.7. The molecule has 0 aromatic heterocycles. The topological polar surface area (TPSA) is 67.4 Å². The zero-order valence-corrected chi connectivity index (χ0v) is 17.6. The smallest absolute Gasteiger partial charge is 0.261 e. The molecule has 1 saturated carbocycles. The molecule has 1 atom stereocenters. The lowest BCUT2D eigenvalue weighted by atomic mass is 10.1. The number of carbonyl (C=O) groups excluding carboxylic acids is 2. The van der Waals surface area contributed by atoms with E-state index in [1.165, 1.54) is 0 Å². The Morgan fingerprint density at radius 3 is 2.69 bits per heavy atom. The molecular weight excluding hydrogens is 388 g/mol. The quantitative estimate of drug-likeness (QED) is 0.679. The van der Waals surface area contributed by atoms with Gasteiger partial charge in [0.05, 0.1) is 5.02 Å². The highest BCUT2D eigenvalue weighted by atomic mass is 35.5. The fourth-order valence-corrected chi connectivity index (χ4v) is 3.63. The van der Waals surface area contributed by atoms with Crippen molar-refractivity contribution >= 4 is 29.1 Å². The molecule has 2 amide bonds. The Balaban J connectivity index is 1.53. The van der Waals surface area contributed by atoms with Crippen LogP contribution in [0, 0.1) is 12.8 Å². The first-order valence-electron chi connectivity index (χ1n) is 10.0. The summed E-state index contributed by atoms with van der Waals surface area (Å²) < 4.78 is 5.71. The normalized spacial score (nSPS) is 15.0. The van der Waals surface area contributed by atoms with E-state index < -0.39 is 6.10 Å². The van der Waals surface area contributed by atoms with Crippen LogP contribution in [0.5, 0.6) is 5.75 Å². The summed E-state index contributed by atoms with van der Waals surface area (Å²) in [5.41, 5.74) is 2.67. The Bertz CT molecular complexity index is 878. The Morgan fingerprint density at radius 2 is 1.93 bits per heavy atom. The molecule has 6 heteroatoms. The van der Waals surface area contributed by atoms with Crippen LogP contribution in [0.1, 0.15) is 43.7 Å². The number of amides is 2. The highest BCUT2D eigenvalue weighted by Gasteiger charge is 2.22. The molecular formula is C23H27ClN2O3. The zero-order chi connectivity index (χ0) is 20.8. The number of anilines is 1. The molecule has 0 bridgehead atoms. The van der Waals surface area contributed by atoms with E-state index in [0.717, 1.165) is 42.5 Å². The van der Waals surface area contributed by atoms with Gasteiger partial charge in [-0.25, -0.2) is 0 Å². The van der Waals surface area contributed by atoms with E-state index in [-0.39, 0.29) is 17.7 Å². The van der Waals surface area contributed by atoms with Crippen LogP contribution in [-0.2, 0) is 16.1 Å². The minimum atomic E-state index is -0.681. The van der Waals surface area contributed by atoms with Gasteiger partial charge < -0.3 is 15.4 Å². The van der Waals surface area contributed by atoms with Crippen molar-refractivity contribution in [1.82, 2.24) is 5.32 Å². The van der Waals surface area contributed by atoms with E-state index in [9.17, 15) is 9.59 Å². The van der Waals surface area contributed by atoms with Gasteiger partial charge in [0.15, 0.2) is 6.10 Å². The summed E-state index contributed by atoms with van der Waals surface area (Å²) in [6.45, 7) is 3.97. The molecule has 1 aliphatic rings. The number of halogens is 1. The third-order valence-electron chi connectivity index (χ3n) is 5.15. The first kappa shape index (κ1) is 21.2. The molecule has 1 fully saturated rings. The van der Waals surface area contributed by atoms with Gasteiger partial charge >= 0.3 is 0 Å². The van der Waals surface area contributed by atoms with Gasteiger partial charge in [-0.2, -0.15) is 0 Å². The predicted molar refractivity (Wildman–Crippen MR) is 115 cm³/mol. The summed E-state index contributed by atoms with van der Waals surface area (Å²) in [6.07, 6.45) is 3.49. The number of ether oxygens (including phenoxy) is 1. The minimum absolute atomic E-state index is 0.0840. The Labute approximate surface area is 176 Å². The minimum Gasteiger partial charge on any atom is -0.479 e. The van der Waals surface area contributed by atoms with E-state index >= 15 is 0 Å². The van der Waals surface area contributed by atoms with Crippen molar-refractivity contribution in [2.24, 2.45) is 5.92 Å². The first-order valence-corrected chi connectivity index (χ1v) is 10.4. The summed E-state index contributed by atoms with van der Waals surface area (Å²) in [5, 5.41) is 6.33. The molecule has 2 N–H and O–H groups in total. The second-order valence-electron chi connectivity index (χ2n) is 7.58. The van der Waals surface area contributed by atoms with Gasteiger partial charge in [-0.1, -0.05) is 42.6 Å². The van der Waals surface area contributed by atoms with Gasteiger partial charge in [-0.3, -0.25) is 9.59 Å². The number of hydrogen-bond donors (Lipinski definition) is 2. The lowest BCUT2D eigenvalue weighted by Gasteiger charge is -2.16. The predicted octanol–water partition coefficient (Wildman–Crippen LogP) is 4.86. The van der Waals surface area contributed by atoms with Gasteiger partial charge in [-0.15, -0.1) is 0 Å². The molecule has 0 spiro atoms. The Kier molecular flexibility index (Phi) is 7.15. The molecule has 1 aliphatic carbocycles. The monoisotopic (exact) mass is 414 g/mol. The zero-order valence-electron chi connectivity index (χ0n) is 16.8. The molecule has 154 valence electrons. The lowest BCUT2D eigenvalue weighted by molar-refractivity contribution is -0.127. The number of nitrogens with one attached hydrogen (secondary N) is 2.